The number of nitrogens with zero attached hydrogens (tertiary/aromatic N) is 2. The van der Waals surface area contributed by atoms with Crippen molar-refractivity contribution in [2.45, 2.75) is 6.92 Å². The number of hydrogen-bond donors (Lipinski definition) is 1. The summed E-state index contributed by atoms with van der Waals surface area (Å²) < 4.78 is 0. The summed E-state index contributed by atoms with van der Waals surface area (Å²) in [4.78, 5) is 4.53. The van der Waals surface area contributed by atoms with Crippen LogP contribution in [-0.2, 0) is 0 Å². The van der Waals surface area contributed by atoms with Gasteiger partial charge in [0.1, 0.15) is 0 Å². The quantitative estimate of drug-likeness (QED) is 0.460. The minimum Gasteiger partial charge on any atom is -0.252 e. The third kappa shape index (κ3) is 3.91. The summed E-state index contributed by atoms with van der Waals surface area (Å²) in [6.45, 7) is 1.90. The van der Waals surface area contributed by atoms with Gasteiger partial charge in [0.25, 0.3) is 0 Å². The molecule has 0 amide bonds. The van der Waals surface area contributed by atoms with Gasteiger partial charge >= 0.3 is 0 Å². The smallest absolute Gasteiger partial charge is 0.203 e. The third-order valence-electron chi connectivity index (χ3n) is 3.23. The van der Waals surface area contributed by atoms with Gasteiger partial charge in [0.2, 0.25) is 5.13 Å². The Balaban J connectivity index is 1.75. The third-order valence-corrected chi connectivity index (χ3v) is 4.72. The molecule has 0 unspecified atom stereocenters. The fourth-order valence-electron chi connectivity index (χ4n) is 1.98. The highest BCUT2D eigenvalue weighted by Gasteiger charge is 2.05. The molecule has 1 N–H and O–H groups in total. The molecule has 23 heavy (non-hydrogen) atoms. The molecule has 0 saturated heterocycles. The van der Waals surface area contributed by atoms with Gasteiger partial charge in [-0.15, -0.1) is 11.3 Å². The number of rotatable bonds is 4. The SMILES string of the molecule is C/C(=N\Nc1nc(-c2ccccc2)cs1)c1ccc(Cl)c(Cl)c1. The first-order valence-corrected chi connectivity index (χ1v) is 8.54. The van der Waals surface area contributed by atoms with E-state index in [2.05, 4.69) is 15.5 Å². The lowest BCUT2D eigenvalue weighted by Gasteiger charge is -2.03. The van der Waals surface area contributed by atoms with Crippen LogP contribution in [0.5, 0.6) is 0 Å². The van der Waals surface area contributed by atoms with Crippen LogP contribution >= 0.6 is 34.5 Å². The molecule has 0 aliphatic carbocycles. The molecule has 0 fully saturated rings. The van der Waals surface area contributed by atoms with Crippen molar-refractivity contribution in [3.8, 4) is 11.3 Å². The van der Waals surface area contributed by atoms with E-state index in [9.17, 15) is 0 Å². The van der Waals surface area contributed by atoms with Gasteiger partial charge in [0, 0.05) is 10.9 Å². The van der Waals surface area contributed by atoms with Crippen molar-refractivity contribution in [3.63, 3.8) is 0 Å². The number of thiazole rings is 1. The molecule has 2 aromatic carbocycles. The first-order chi connectivity index (χ1) is 11.1. The Kier molecular flexibility index (Phi) is 4.96. The second kappa shape index (κ2) is 7.13. The molecule has 0 aliphatic heterocycles. The molecule has 3 nitrogen and oxygen atoms in total. The summed E-state index contributed by atoms with van der Waals surface area (Å²) >= 11 is 13.5. The van der Waals surface area contributed by atoms with Gasteiger partial charge in [-0.3, -0.25) is 5.43 Å². The second-order valence-corrected chi connectivity index (χ2v) is 6.51. The normalized spacial score (nSPS) is 11.5. The van der Waals surface area contributed by atoms with Crippen LogP contribution in [0.2, 0.25) is 10.0 Å². The molecular formula is C17H13Cl2N3S. The van der Waals surface area contributed by atoms with Crippen molar-refractivity contribution < 1.29 is 0 Å². The number of anilines is 1. The number of halogens is 2. The van der Waals surface area contributed by atoms with E-state index < -0.39 is 0 Å². The summed E-state index contributed by atoms with van der Waals surface area (Å²) in [5, 5.41) is 8.14. The Hall–Kier alpha value is -1.88. The van der Waals surface area contributed by atoms with E-state index in [4.69, 9.17) is 23.2 Å². The van der Waals surface area contributed by atoms with Crippen LogP contribution in [0, 0.1) is 0 Å². The van der Waals surface area contributed by atoms with Crippen molar-refractivity contribution >= 4 is 45.4 Å². The summed E-state index contributed by atoms with van der Waals surface area (Å²) in [5.41, 5.74) is 6.72. The van der Waals surface area contributed by atoms with Crippen LogP contribution in [0.4, 0.5) is 5.13 Å². The molecule has 0 aliphatic rings. The molecule has 1 heterocycles. The van der Waals surface area contributed by atoms with E-state index in [1.165, 1.54) is 11.3 Å². The Morgan fingerprint density at radius 3 is 2.61 bits per heavy atom. The molecule has 1 aromatic heterocycles. The molecule has 3 rings (SSSR count). The average molecular weight is 362 g/mol. The maximum absolute atomic E-state index is 6.03. The van der Waals surface area contributed by atoms with Gasteiger partial charge in [-0.25, -0.2) is 4.98 Å². The molecule has 0 saturated carbocycles. The van der Waals surface area contributed by atoms with Crippen molar-refractivity contribution in [1.29, 1.82) is 0 Å². The van der Waals surface area contributed by atoms with E-state index in [0.29, 0.717) is 10.0 Å². The summed E-state index contributed by atoms with van der Waals surface area (Å²) in [7, 11) is 0. The highest BCUT2D eigenvalue weighted by molar-refractivity contribution is 7.14. The number of benzene rings is 2. The molecule has 3 aromatic rings. The van der Waals surface area contributed by atoms with Gasteiger partial charge in [-0.05, 0) is 24.6 Å². The first-order valence-electron chi connectivity index (χ1n) is 6.90. The molecule has 0 radical (unpaired) electrons. The minimum atomic E-state index is 0.513. The van der Waals surface area contributed by atoms with Gasteiger partial charge in [0.05, 0.1) is 21.5 Å². The zero-order valence-corrected chi connectivity index (χ0v) is 14.6. The Bertz CT molecular complexity index is 844. The van der Waals surface area contributed by atoms with E-state index in [1.807, 2.05) is 48.7 Å². The topological polar surface area (TPSA) is 37.3 Å². The van der Waals surface area contributed by atoms with Crippen LogP contribution in [0.1, 0.15) is 12.5 Å². The number of nitrogens with one attached hydrogen (secondary N) is 1. The zero-order chi connectivity index (χ0) is 16.2. The fraction of sp³-hybridized carbons (Fsp3) is 0.0588. The molecular weight excluding hydrogens is 349 g/mol. The lowest BCUT2D eigenvalue weighted by Crippen LogP contribution is -1.99. The maximum Gasteiger partial charge on any atom is 0.203 e. The number of aromatic nitrogens is 1. The summed E-state index contributed by atoms with van der Waals surface area (Å²) in [5.74, 6) is 0. The van der Waals surface area contributed by atoms with Gasteiger partial charge in [-0.1, -0.05) is 59.6 Å². The Labute approximate surface area is 148 Å². The highest BCUT2D eigenvalue weighted by atomic mass is 35.5. The summed E-state index contributed by atoms with van der Waals surface area (Å²) in [6, 6.07) is 15.5. The van der Waals surface area contributed by atoms with Crippen molar-refractivity contribution in [3.05, 3.63) is 69.5 Å². The van der Waals surface area contributed by atoms with Gasteiger partial charge in [0.15, 0.2) is 0 Å². The zero-order valence-electron chi connectivity index (χ0n) is 12.3. The Morgan fingerprint density at radius 1 is 1.09 bits per heavy atom. The molecule has 0 spiro atoms. The maximum atomic E-state index is 6.03. The van der Waals surface area contributed by atoms with Crippen molar-refractivity contribution in [2.24, 2.45) is 5.10 Å². The predicted octanol–water partition coefficient (Wildman–Crippen LogP) is 5.95. The standard InChI is InChI=1S/C17H13Cl2N3S/c1-11(13-7-8-14(18)15(19)9-13)21-22-17-20-16(10-23-17)12-5-3-2-4-6-12/h2-10H,1H3,(H,20,22)/b21-11+. The monoisotopic (exact) mass is 361 g/mol. The van der Waals surface area contributed by atoms with E-state index in [-0.39, 0.29) is 0 Å². The lowest BCUT2D eigenvalue weighted by atomic mass is 10.1. The summed E-state index contributed by atoms with van der Waals surface area (Å²) in [6.07, 6.45) is 0. The van der Waals surface area contributed by atoms with Crippen LogP contribution in [-0.4, -0.2) is 10.7 Å². The van der Waals surface area contributed by atoms with E-state index in [1.54, 1.807) is 12.1 Å². The van der Waals surface area contributed by atoms with Crippen LogP contribution in [0.3, 0.4) is 0 Å². The number of hydrazone groups is 1. The highest BCUT2D eigenvalue weighted by Crippen LogP contribution is 2.25. The van der Waals surface area contributed by atoms with Crippen molar-refractivity contribution in [1.82, 2.24) is 4.98 Å². The van der Waals surface area contributed by atoms with Crippen LogP contribution in [0.25, 0.3) is 11.3 Å². The van der Waals surface area contributed by atoms with Gasteiger partial charge < -0.3 is 0 Å². The molecule has 116 valence electrons. The second-order valence-electron chi connectivity index (χ2n) is 4.84. The largest absolute Gasteiger partial charge is 0.252 e. The average Bonchev–Trinajstić information content (AvgIpc) is 3.05. The van der Waals surface area contributed by atoms with Crippen LogP contribution in [0.15, 0.2) is 59.0 Å². The Morgan fingerprint density at radius 2 is 1.87 bits per heavy atom. The molecule has 6 heteroatoms. The fourth-order valence-corrected chi connectivity index (χ4v) is 2.94. The predicted molar refractivity (Wildman–Crippen MR) is 99.8 cm³/mol. The minimum absolute atomic E-state index is 0.513. The molecule has 0 atom stereocenters. The first kappa shape index (κ1) is 16.0. The molecule has 0 bridgehead atoms. The van der Waals surface area contributed by atoms with E-state index >= 15 is 0 Å². The lowest BCUT2D eigenvalue weighted by molar-refractivity contribution is 1.27. The van der Waals surface area contributed by atoms with Crippen molar-refractivity contribution in [2.75, 3.05) is 5.43 Å². The van der Waals surface area contributed by atoms with Crippen LogP contribution < -0.4 is 5.43 Å². The van der Waals surface area contributed by atoms with E-state index in [0.717, 1.165) is 27.7 Å². The number of hydrogen-bond acceptors (Lipinski definition) is 4. The van der Waals surface area contributed by atoms with Gasteiger partial charge in [-0.2, -0.15) is 5.10 Å².